The minimum atomic E-state index is -0.358. The first-order valence-corrected chi connectivity index (χ1v) is 6.91. The number of para-hydroxylation sites is 2. The fourth-order valence-electron chi connectivity index (χ4n) is 2.58. The first-order valence-electron chi connectivity index (χ1n) is 6.91. The van der Waals surface area contributed by atoms with Crippen molar-refractivity contribution < 1.29 is 19.1 Å². The topological polar surface area (TPSA) is 59.7 Å². The molecule has 22 heavy (non-hydrogen) atoms. The second-order valence-electron chi connectivity index (χ2n) is 5.09. The molecule has 0 spiro atoms. The van der Waals surface area contributed by atoms with Crippen LogP contribution in [0.2, 0.25) is 0 Å². The van der Waals surface area contributed by atoms with E-state index in [9.17, 15) is 9.90 Å². The molecule has 0 atom stereocenters. The number of rotatable bonds is 2. The molecule has 0 radical (unpaired) electrons. The summed E-state index contributed by atoms with van der Waals surface area (Å²) >= 11 is 0. The summed E-state index contributed by atoms with van der Waals surface area (Å²) in [5, 5.41) is 11.2. The highest BCUT2D eigenvalue weighted by Crippen LogP contribution is 2.33. The van der Waals surface area contributed by atoms with Gasteiger partial charge in [-0.15, -0.1) is 0 Å². The Hall–Kier alpha value is -3.01. The molecule has 4 nitrogen and oxygen atoms in total. The van der Waals surface area contributed by atoms with Gasteiger partial charge < -0.3 is 14.3 Å². The van der Waals surface area contributed by atoms with E-state index in [1.54, 1.807) is 30.3 Å². The fourth-order valence-corrected chi connectivity index (χ4v) is 2.58. The lowest BCUT2D eigenvalue weighted by Gasteiger charge is -2.19. The molecule has 0 saturated heterocycles. The lowest BCUT2D eigenvalue weighted by Crippen LogP contribution is -2.18. The van der Waals surface area contributed by atoms with Gasteiger partial charge in [0.25, 0.3) is 0 Å². The third-order valence-corrected chi connectivity index (χ3v) is 3.72. The summed E-state index contributed by atoms with van der Waals surface area (Å²) in [4.78, 5) is 12.6. The molecule has 4 heteroatoms. The van der Waals surface area contributed by atoms with Gasteiger partial charge in [-0.1, -0.05) is 30.3 Å². The van der Waals surface area contributed by atoms with E-state index in [4.69, 9.17) is 9.15 Å². The second-order valence-corrected chi connectivity index (χ2v) is 5.09. The highest BCUT2D eigenvalue weighted by Gasteiger charge is 2.27. The number of Topliss-reactive ketones (excluding diaryl/α,β-unsaturated/α-hetero) is 1. The van der Waals surface area contributed by atoms with Gasteiger partial charge in [-0.2, -0.15) is 0 Å². The molecule has 0 fully saturated rings. The lowest BCUT2D eigenvalue weighted by atomic mass is 10.0. The Kier molecular flexibility index (Phi) is 2.76. The van der Waals surface area contributed by atoms with Crippen LogP contribution < -0.4 is 4.74 Å². The van der Waals surface area contributed by atoms with E-state index in [1.807, 2.05) is 24.3 Å². The van der Waals surface area contributed by atoms with Crippen molar-refractivity contribution >= 4 is 22.5 Å². The van der Waals surface area contributed by atoms with Crippen LogP contribution in [0.1, 0.15) is 16.1 Å². The van der Waals surface area contributed by atoms with Gasteiger partial charge in [0.2, 0.25) is 5.78 Å². The van der Waals surface area contributed by atoms with Gasteiger partial charge in [-0.05, 0) is 24.3 Å². The van der Waals surface area contributed by atoms with Crippen molar-refractivity contribution in [1.82, 2.24) is 0 Å². The molecular weight excluding hydrogens is 280 g/mol. The maximum atomic E-state index is 12.6. The monoisotopic (exact) mass is 292 g/mol. The van der Waals surface area contributed by atoms with Crippen molar-refractivity contribution in [2.45, 2.75) is 0 Å². The molecule has 1 N–H and O–H groups in total. The predicted octanol–water partition coefficient (Wildman–Crippen LogP) is 3.98. The van der Waals surface area contributed by atoms with Crippen molar-refractivity contribution in [3.8, 4) is 5.75 Å². The molecule has 108 valence electrons. The minimum Gasteiger partial charge on any atom is -0.507 e. The van der Waals surface area contributed by atoms with Gasteiger partial charge in [-0.25, -0.2) is 0 Å². The van der Waals surface area contributed by atoms with Crippen LogP contribution in [0.25, 0.3) is 16.7 Å². The molecule has 1 aliphatic rings. The third kappa shape index (κ3) is 1.89. The standard InChI is InChI=1S/C18H12O4/c19-17-12-6-2-4-8-15(12)21-10-13(17)18(20)16-9-11-5-1-3-7-14(11)22-16/h1-9,19H,10H2. The van der Waals surface area contributed by atoms with Gasteiger partial charge in [0.1, 0.15) is 23.7 Å². The number of hydrogen-bond donors (Lipinski definition) is 1. The van der Waals surface area contributed by atoms with Gasteiger partial charge in [0, 0.05) is 5.39 Å². The number of fused-ring (bicyclic) bond motifs is 2. The van der Waals surface area contributed by atoms with Crippen LogP contribution in [-0.2, 0) is 0 Å². The molecule has 1 aliphatic heterocycles. The Labute approximate surface area is 126 Å². The molecule has 0 amide bonds. The molecule has 0 unspecified atom stereocenters. The Morgan fingerprint density at radius 2 is 1.82 bits per heavy atom. The Bertz CT molecular complexity index is 884. The quantitative estimate of drug-likeness (QED) is 0.726. The van der Waals surface area contributed by atoms with Crippen LogP contribution in [0.15, 0.2) is 64.6 Å². The summed E-state index contributed by atoms with van der Waals surface area (Å²) in [5.74, 6) is 0.363. The highest BCUT2D eigenvalue weighted by molar-refractivity contribution is 6.13. The molecule has 0 aliphatic carbocycles. The number of carbonyl (C=O) groups excluding carboxylic acids is 1. The number of hydrogen-bond acceptors (Lipinski definition) is 4. The Morgan fingerprint density at radius 1 is 1.05 bits per heavy atom. The van der Waals surface area contributed by atoms with Crippen LogP contribution in [0.5, 0.6) is 5.75 Å². The van der Waals surface area contributed by atoms with Crippen molar-refractivity contribution in [2.75, 3.05) is 6.61 Å². The van der Waals surface area contributed by atoms with Gasteiger partial charge in [0.15, 0.2) is 5.76 Å². The summed E-state index contributed by atoms with van der Waals surface area (Å²) in [6.45, 7) is 0.0265. The summed E-state index contributed by atoms with van der Waals surface area (Å²) in [7, 11) is 0. The highest BCUT2D eigenvalue weighted by atomic mass is 16.5. The lowest BCUT2D eigenvalue weighted by molar-refractivity contribution is 0.0991. The first kappa shape index (κ1) is 12.7. The normalized spacial score (nSPS) is 13.8. The molecule has 0 bridgehead atoms. The molecule has 4 rings (SSSR count). The Morgan fingerprint density at radius 3 is 2.68 bits per heavy atom. The zero-order chi connectivity index (χ0) is 15.1. The fraction of sp³-hybridized carbons (Fsp3) is 0.0556. The number of carbonyl (C=O) groups is 1. The maximum Gasteiger partial charge on any atom is 0.231 e. The zero-order valence-corrected chi connectivity index (χ0v) is 11.6. The number of aliphatic hydroxyl groups is 1. The summed E-state index contributed by atoms with van der Waals surface area (Å²) in [5.41, 5.74) is 1.37. The van der Waals surface area contributed by atoms with E-state index in [-0.39, 0.29) is 29.5 Å². The van der Waals surface area contributed by atoms with E-state index >= 15 is 0 Å². The van der Waals surface area contributed by atoms with Gasteiger partial charge in [0.05, 0.1) is 11.1 Å². The summed E-state index contributed by atoms with van der Waals surface area (Å²) in [6, 6.07) is 16.1. The van der Waals surface area contributed by atoms with Crippen LogP contribution in [0.4, 0.5) is 0 Å². The van der Waals surface area contributed by atoms with E-state index in [0.717, 1.165) is 5.39 Å². The number of ether oxygens (including phenoxy) is 1. The SMILES string of the molecule is O=C(C1=C(O)c2ccccc2OC1)c1cc2ccccc2o1. The van der Waals surface area contributed by atoms with Crippen molar-refractivity contribution in [2.24, 2.45) is 0 Å². The van der Waals surface area contributed by atoms with Gasteiger partial charge >= 0.3 is 0 Å². The minimum absolute atomic E-state index is 0.0265. The number of aliphatic hydroxyl groups excluding tert-OH is 1. The molecule has 2 aromatic carbocycles. The van der Waals surface area contributed by atoms with Gasteiger partial charge in [-0.3, -0.25) is 4.79 Å². The summed E-state index contributed by atoms with van der Waals surface area (Å²) < 4.78 is 11.1. The third-order valence-electron chi connectivity index (χ3n) is 3.72. The predicted molar refractivity (Wildman–Crippen MR) is 82.0 cm³/mol. The van der Waals surface area contributed by atoms with E-state index in [1.165, 1.54) is 0 Å². The number of benzene rings is 2. The van der Waals surface area contributed by atoms with E-state index < -0.39 is 0 Å². The zero-order valence-electron chi connectivity index (χ0n) is 11.6. The van der Waals surface area contributed by atoms with Crippen LogP contribution in [0.3, 0.4) is 0 Å². The molecular formula is C18H12O4. The van der Waals surface area contributed by atoms with Crippen molar-refractivity contribution in [3.05, 3.63) is 71.5 Å². The smallest absolute Gasteiger partial charge is 0.231 e. The van der Waals surface area contributed by atoms with E-state index in [0.29, 0.717) is 16.9 Å². The van der Waals surface area contributed by atoms with Crippen molar-refractivity contribution in [1.29, 1.82) is 0 Å². The average Bonchev–Trinajstić information content (AvgIpc) is 2.99. The summed E-state index contributed by atoms with van der Waals surface area (Å²) in [6.07, 6.45) is 0. The van der Waals surface area contributed by atoms with Crippen molar-refractivity contribution in [3.63, 3.8) is 0 Å². The van der Waals surface area contributed by atoms with E-state index in [2.05, 4.69) is 0 Å². The first-order chi connectivity index (χ1) is 10.7. The molecule has 0 saturated carbocycles. The average molecular weight is 292 g/mol. The number of ketones is 1. The number of furan rings is 1. The van der Waals surface area contributed by atoms with Crippen LogP contribution >= 0.6 is 0 Å². The second kappa shape index (κ2) is 4.77. The molecule has 1 aromatic heterocycles. The molecule has 3 aromatic rings. The van der Waals surface area contributed by atoms with Crippen LogP contribution in [-0.4, -0.2) is 17.5 Å². The molecule has 2 heterocycles. The van der Waals surface area contributed by atoms with Crippen LogP contribution in [0, 0.1) is 0 Å². The maximum absolute atomic E-state index is 12.6. The largest absolute Gasteiger partial charge is 0.507 e. The Balaban J connectivity index is 1.80.